The number of benzene rings is 3. The first kappa shape index (κ1) is 15.4. The molecule has 4 rings (SSSR count). The van der Waals surface area contributed by atoms with Gasteiger partial charge in [0.2, 0.25) is 5.55 Å². The maximum atomic E-state index is 12.6. The molecule has 0 aliphatic heterocycles. The number of rotatable bonds is 2. The number of nitrogens with one attached hydrogen (secondary N) is 2. The number of halogens is 1. The van der Waals surface area contributed by atoms with Gasteiger partial charge in [0.15, 0.2) is 0 Å². The van der Waals surface area contributed by atoms with E-state index in [4.69, 9.17) is 21.4 Å². The summed E-state index contributed by atoms with van der Waals surface area (Å²) < 4.78 is 5.56. The number of anilines is 1. The van der Waals surface area contributed by atoms with E-state index in [2.05, 4.69) is 5.32 Å². The van der Waals surface area contributed by atoms with E-state index in [0.29, 0.717) is 16.3 Å². The Morgan fingerprint density at radius 3 is 2.64 bits per heavy atom. The van der Waals surface area contributed by atoms with Crippen molar-refractivity contribution >= 4 is 44.9 Å². The molecule has 0 spiro atoms. The van der Waals surface area contributed by atoms with Crippen molar-refractivity contribution in [1.29, 1.82) is 5.41 Å². The van der Waals surface area contributed by atoms with Crippen LogP contribution in [0.5, 0.6) is 0 Å². The Morgan fingerprint density at radius 1 is 0.960 bits per heavy atom. The molecule has 4 aromatic rings. The molecule has 1 amide bonds. The molecule has 0 unspecified atom stereocenters. The van der Waals surface area contributed by atoms with E-state index in [1.807, 2.05) is 36.4 Å². The van der Waals surface area contributed by atoms with Crippen LogP contribution in [0.4, 0.5) is 5.69 Å². The van der Waals surface area contributed by atoms with Crippen molar-refractivity contribution < 1.29 is 9.21 Å². The first-order chi connectivity index (χ1) is 12.1. The predicted octanol–water partition coefficient (Wildman–Crippen LogP) is 4.97. The number of hydrogen-bond donors (Lipinski definition) is 2. The van der Waals surface area contributed by atoms with Crippen LogP contribution in [0.3, 0.4) is 0 Å². The van der Waals surface area contributed by atoms with Crippen LogP contribution in [-0.4, -0.2) is 5.91 Å². The second-order valence-corrected chi connectivity index (χ2v) is 6.09. The van der Waals surface area contributed by atoms with Crippen molar-refractivity contribution in [3.8, 4) is 0 Å². The topological polar surface area (TPSA) is 66.1 Å². The molecular formula is C20H13ClN2O2. The number of amides is 1. The molecule has 0 saturated carbocycles. The number of hydrogen-bond acceptors (Lipinski definition) is 3. The van der Waals surface area contributed by atoms with Crippen molar-refractivity contribution in [2.24, 2.45) is 0 Å². The van der Waals surface area contributed by atoms with Gasteiger partial charge in [-0.15, -0.1) is 0 Å². The van der Waals surface area contributed by atoms with Gasteiger partial charge in [-0.3, -0.25) is 10.2 Å². The first-order valence-corrected chi connectivity index (χ1v) is 8.07. The SMILES string of the molecule is N=c1oc2ccc3ccccc3c2cc1C(=O)Nc1cccc(Cl)c1. The first-order valence-electron chi connectivity index (χ1n) is 7.69. The van der Waals surface area contributed by atoms with Gasteiger partial charge in [0.05, 0.1) is 0 Å². The van der Waals surface area contributed by atoms with Gasteiger partial charge in [0, 0.05) is 16.1 Å². The summed E-state index contributed by atoms with van der Waals surface area (Å²) in [5.41, 5.74) is 1.13. The Kier molecular flexibility index (Phi) is 3.75. The standard InChI is InChI=1S/C20H13ClN2O2/c21-13-5-3-6-14(10-13)23-20(24)17-11-16-15-7-2-1-4-12(15)8-9-18(16)25-19(17)22/h1-11,22H,(H,23,24). The van der Waals surface area contributed by atoms with Crippen molar-refractivity contribution in [2.75, 3.05) is 5.32 Å². The lowest BCUT2D eigenvalue weighted by Gasteiger charge is -2.08. The maximum Gasteiger partial charge on any atom is 0.261 e. The average molecular weight is 349 g/mol. The third-order valence-electron chi connectivity index (χ3n) is 4.00. The number of carbonyl (C=O) groups is 1. The van der Waals surface area contributed by atoms with Crippen LogP contribution in [0.1, 0.15) is 10.4 Å². The highest BCUT2D eigenvalue weighted by Crippen LogP contribution is 2.25. The minimum Gasteiger partial charge on any atom is -0.438 e. The molecule has 2 N–H and O–H groups in total. The monoisotopic (exact) mass is 348 g/mol. The fourth-order valence-electron chi connectivity index (χ4n) is 2.82. The molecule has 0 aliphatic carbocycles. The van der Waals surface area contributed by atoms with Crippen LogP contribution in [0.25, 0.3) is 21.7 Å². The molecule has 25 heavy (non-hydrogen) atoms. The van der Waals surface area contributed by atoms with Gasteiger partial charge in [-0.2, -0.15) is 0 Å². The van der Waals surface area contributed by atoms with E-state index in [0.717, 1.165) is 16.2 Å². The molecular weight excluding hydrogens is 336 g/mol. The summed E-state index contributed by atoms with van der Waals surface area (Å²) in [4.78, 5) is 12.6. The van der Waals surface area contributed by atoms with Gasteiger partial charge in [0.25, 0.3) is 5.91 Å². The molecule has 4 nitrogen and oxygen atoms in total. The summed E-state index contributed by atoms with van der Waals surface area (Å²) >= 11 is 5.94. The Hall–Kier alpha value is -3.11. The second kappa shape index (κ2) is 6.07. The molecule has 0 saturated heterocycles. The van der Waals surface area contributed by atoms with Gasteiger partial charge in [-0.1, -0.05) is 48.0 Å². The van der Waals surface area contributed by atoms with E-state index >= 15 is 0 Å². The highest BCUT2D eigenvalue weighted by molar-refractivity contribution is 6.31. The molecule has 5 heteroatoms. The molecule has 0 fully saturated rings. The Bertz CT molecular complexity index is 1180. The molecule has 0 radical (unpaired) electrons. The molecule has 1 aromatic heterocycles. The fourth-order valence-corrected chi connectivity index (χ4v) is 3.01. The summed E-state index contributed by atoms with van der Waals surface area (Å²) in [6.07, 6.45) is 0. The van der Waals surface area contributed by atoms with E-state index in [1.165, 1.54) is 0 Å². The highest BCUT2D eigenvalue weighted by atomic mass is 35.5. The van der Waals surface area contributed by atoms with Crippen molar-refractivity contribution in [1.82, 2.24) is 0 Å². The van der Waals surface area contributed by atoms with Crippen LogP contribution in [0.2, 0.25) is 5.02 Å². The molecule has 1 heterocycles. The molecule has 0 atom stereocenters. The van der Waals surface area contributed by atoms with Crippen molar-refractivity contribution in [3.05, 3.63) is 82.9 Å². The van der Waals surface area contributed by atoms with Crippen molar-refractivity contribution in [3.63, 3.8) is 0 Å². The molecule has 122 valence electrons. The van der Waals surface area contributed by atoms with Gasteiger partial charge in [-0.05, 0) is 41.1 Å². The van der Waals surface area contributed by atoms with Gasteiger partial charge >= 0.3 is 0 Å². The summed E-state index contributed by atoms with van der Waals surface area (Å²) in [7, 11) is 0. The zero-order chi connectivity index (χ0) is 17.4. The van der Waals surface area contributed by atoms with E-state index < -0.39 is 5.91 Å². The van der Waals surface area contributed by atoms with Crippen LogP contribution >= 0.6 is 11.6 Å². The normalized spacial score (nSPS) is 10.9. The van der Waals surface area contributed by atoms with Crippen LogP contribution in [0, 0.1) is 5.41 Å². The molecule has 0 aliphatic rings. The zero-order valence-corrected chi connectivity index (χ0v) is 13.8. The lowest BCUT2D eigenvalue weighted by atomic mass is 10.0. The Morgan fingerprint density at radius 2 is 1.80 bits per heavy atom. The number of carbonyl (C=O) groups excluding carboxylic acids is 1. The second-order valence-electron chi connectivity index (χ2n) is 5.65. The molecule has 0 bridgehead atoms. The summed E-state index contributed by atoms with van der Waals surface area (Å²) in [5, 5.41) is 14.1. The third-order valence-corrected chi connectivity index (χ3v) is 4.24. The Labute approximate surface area is 148 Å². The number of fused-ring (bicyclic) bond motifs is 3. The summed E-state index contributed by atoms with van der Waals surface area (Å²) in [6.45, 7) is 0. The minimum absolute atomic E-state index is 0.170. The van der Waals surface area contributed by atoms with Crippen LogP contribution in [0.15, 0.2) is 71.1 Å². The van der Waals surface area contributed by atoms with Crippen molar-refractivity contribution in [2.45, 2.75) is 0 Å². The lowest BCUT2D eigenvalue weighted by molar-refractivity contribution is 0.102. The van der Waals surface area contributed by atoms with E-state index in [-0.39, 0.29) is 11.1 Å². The van der Waals surface area contributed by atoms with Gasteiger partial charge < -0.3 is 9.73 Å². The fraction of sp³-hybridized carbons (Fsp3) is 0. The van der Waals surface area contributed by atoms with Gasteiger partial charge in [0.1, 0.15) is 11.1 Å². The van der Waals surface area contributed by atoms with E-state index in [1.54, 1.807) is 30.3 Å². The quantitative estimate of drug-likeness (QED) is 0.502. The molecule has 3 aromatic carbocycles. The lowest BCUT2D eigenvalue weighted by Crippen LogP contribution is -2.20. The van der Waals surface area contributed by atoms with Gasteiger partial charge in [-0.25, -0.2) is 0 Å². The summed E-state index contributed by atoms with van der Waals surface area (Å²) in [5.74, 6) is -0.411. The Balaban J connectivity index is 1.83. The summed E-state index contributed by atoms with van der Waals surface area (Å²) in [6, 6.07) is 20.2. The largest absolute Gasteiger partial charge is 0.438 e. The van der Waals surface area contributed by atoms with Crippen LogP contribution in [-0.2, 0) is 0 Å². The maximum absolute atomic E-state index is 12.6. The smallest absolute Gasteiger partial charge is 0.261 e. The predicted molar refractivity (Wildman–Crippen MR) is 99.0 cm³/mol. The third kappa shape index (κ3) is 2.88. The average Bonchev–Trinajstić information content (AvgIpc) is 2.61. The highest BCUT2D eigenvalue weighted by Gasteiger charge is 2.13. The van der Waals surface area contributed by atoms with E-state index in [9.17, 15) is 4.79 Å². The zero-order valence-electron chi connectivity index (χ0n) is 13.0. The van der Waals surface area contributed by atoms with Crippen LogP contribution < -0.4 is 10.9 Å². The minimum atomic E-state index is -0.411.